The van der Waals surface area contributed by atoms with Crippen LogP contribution in [0.1, 0.15) is 41.9 Å². The number of carbonyl (C=O) groups is 2. The molecule has 0 saturated heterocycles. The molecule has 7 nitrogen and oxygen atoms in total. The molecule has 31 heavy (non-hydrogen) atoms. The predicted octanol–water partition coefficient (Wildman–Crippen LogP) is 4.56. The zero-order valence-corrected chi connectivity index (χ0v) is 18.7. The fourth-order valence-corrected chi connectivity index (χ4v) is 5.02. The van der Waals surface area contributed by atoms with E-state index in [1.165, 1.54) is 42.3 Å². The molecule has 1 N–H and O–H groups in total. The number of hydrogen-bond acceptors (Lipinski definition) is 7. The van der Waals surface area contributed by atoms with Crippen LogP contribution >= 0.6 is 23.1 Å². The van der Waals surface area contributed by atoms with Crippen molar-refractivity contribution in [2.45, 2.75) is 37.4 Å². The third-order valence-electron chi connectivity index (χ3n) is 4.93. The summed E-state index contributed by atoms with van der Waals surface area (Å²) >= 11 is 2.54. The van der Waals surface area contributed by atoms with Gasteiger partial charge in [0, 0.05) is 23.4 Å². The van der Waals surface area contributed by atoms with Crippen LogP contribution in [0.15, 0.2) is 34.8 Å². The first kappa shape index (κ1) is 21.5. The van der Waals surface area contributed by atoms with Crippen molar-refractivity contribution in [3.63, 3.8) is 0 Å². The Hall–Kier alpha value is -2.72. The van der Waals surface area contributed by atoms with Gasteiger partial charge in [-0.2, -0.15) is 0 Å². The lowest BCUT2D eigenvalue weighted by Crippen LogP contribution is -2.16. The van der Waals surface area contributed by atoms with Gasteiger partial charge in [-0.1, -0.05) is 23.9 Å². The minimum Gasteiger partial charge on any atom is -0.465 e. The molecule has 4 rings (SSSR count). The molecule has 1 aliphatic carbocycles. The van der Waals surface area contributed by atoms with Crippen molar-refractivity contribution in [1.29, 1.82) is 0 Å². The molecule has 0 unspecified atom stereocenters. The highest BCUT2D eigenvalue weighted by Gasteiger charge is 2.30. The Labute approximate surface area is 187 Å². The van der Waals surface area contributed by atoms with E-state index in [0.717, 1.165) is 25.2 Å². The number of nitrogens with zero attached hydrogens (tertiary/aromatic N) is 3. The topological polar surface area (TPSA) is 86.1 Å². The van der Waals surface area contributed by atoms with Crippen LogP contribution in [0, 0.1) is 5.82 Å². The molecule has 0 spiro atoms. The monoisotopic (exact) mass is 460 g/mol. The maximum Gasteiger partial charge on any atom is 0.341 e. The van der Waals surface area contributed by atoms with Gasteiger partial charge in [0.2, 0.25) is 5.91 Å². The van der Waals surface area contributed by atoms with Gasteiger partial charge in [-0.15, -0.1) is 21.5 Å². The van der Waals surface area contributed by atoms with Crippen LogP contribution in [-0.2, 0) is 16.1 Å². The van der Waals surface area contributed by atoms with Crippen molar-refractivity contribution in [2.75, 3.05) is 18.2 Å². The Balaban J connectivity index is 1.49. The summed E-state index contributed by atoms with van der Waals surface area (Å²) in [7, 11) is 1.28. The van der Waals surface area contributed by atoms with Crippen LogP contribution in [0.3, 0.4) is 0 Å². The summed E-state index contributed by atoms with van der Waals surface area (Å²) in [5.74, 6) is 0.404. The van der Waals surface area contributed by atoms with E-state index < -0.39 is 5.97 Å². The molecular formula is C21H21FN4O3S2. The van der Waals surface area contributed by atoms with E-state index in [-0.39, 0.29) is 23.0 Å². The zero-order chi connectivity index (χ0) is 22.0. The molecule has 3 aromatic rings. The van der Waals surface area contributed by atoms with E-state index >= 15 is 0 Å². The summed E-state index contributed by atoms with van der Waals surface area (Å²) in [6.07, 6.45) is 2.27. The van der Waals surface area contributed by atoms with E-state index in [1.807, 2.05) is 11.5 Å². The van der Waals surface area contributed by atoms with Crippen molar-refractivity contribution in [3.05, 3.63) is 46.9 Å². The number of methoxy groups -OCH3 is 1. The van der Waals surface area contributed by atoms with E-state index in [1.54, 1.807) is 17.5 Å². The summed E-state index contributed by atoms with van der Waals surface area (Å²) < 4.78 is 20.2. The minimum atomic E-state index is -0.566. The Morgan fingerprint density at radius 2 is 2.03 bits per heavy atom. The highest BCUT2D eigenvalue weighted by molar-refractivity contribution is 7.99. The fraction of sp³-hybridized carbons (Fsp3) is 0.333. The molecule has 2 aromatic heterocycles. The first-order chi connectivity index (χ1) is 15.0. The Bertz CT molecular complexity index is 1110. The van der Waals surface area contributed by atoms with E-state index in [0.29, 0.717) is 27.2 Å². The number of rotatable bonds is 8. The molecule has 10 heteroatoms. The molecule has 162 valence electrons. The van der Waals surface area contributed by atoms with Gasteiger partial charge in [0.15, 0.2) is 5.16 Å². The van der Waals surface area contributed by atoms with Crippen molar-refractivity contribution in [1.82, 2.24) is 14.8 Å². The van der Waals surface area contributed by atoms with Gasteiger partial charge in [-0.25, -0.2) is 9.18 Å². The minimum absolute atomic E-state index is 0.132. The molecule has 1 amide bonds. The van der Waals surface area contributed by atoms with Crippen LogP contribution in [-0.4, -0.2) is 39.5 Å². The lowest BCUT2D eigenvalue weighted by atomic mass is 10.0. The number of esters is 1. The average Bonchev–Trinajstić information content (AvgIpc) is 3.41. The molecule has 1 fully saturated rings. The average molecular weight is 461 g/mol. The van der Waals surface area contributed by atoms with Gasteiger partial charge < -0.3 is 14.6 Å². The quantitative estimate of drug-likeness (QED) is 0.392. The van der Waals surface area contributed by atoms with Crippen LogP contribution in [0.5, 0.6) is 0 Å². The molecule has 1 aromatic carbocycles. The lowest BCUT2D eigenvalue weighted by Gasteiger charge is -2.08. The number of hydrogen-bond donors (Lipinski definition) is 1. The number of aromatic nitrogens is 3. The van der Waals surface area contributed by atoms with Gasteiger partial charge in [0.05, 0.1) is 12.9 Å². The molecule has 2 heterocycles. The third-order valence-corrected chi connectivity index (χ3v) is 6.79. The zero-order valence-electron chi connectivity index (χ0n) is 17.1. The summed E-state index contributed by atoms with van der Waals surface area (Å²) in [6, 6.07) is 5.81. The van der Waals surface area contributed by atoms with Gasteiger partial charge in [0.1, 0.15) is 22.2 Å². The number of carbonyl (C=O) groups excluding carboxylic acids is 2. The second-order valence-electron chi connectivity index (χ2n) is 7.05. The highest BCUT2D eigenvalue weighted by atomic mass is 32.2. The number of anilines is 1. The Morgan fingerprint density at radius 1 is 1.29 bits per heavy atom. The number of thioether (sulfide) groups is 1. The smallest absolute Gasteiger partial charge is 0.341 e. The maximum atomic E-state index is 13.3. The SMILES string of the molecule is CCn1c(SCC(=O)Nc2scc(-c3ccc(F)cc3)c2C(=O)OC)nnc1C1CC1. The predicted molar refractivity (Wildman–Crippen MR) is 118 cm³/mol. The molecule has 1 aliphatic rings. The number of amides is 1. The van der Waals surface area contributed by atoms with Gasteiger partial charge in [-0.05, 0) is 37.5 Å². The van der Waals surface area contributed by atoms with Crippen molar-refractivity contribution in [3.8, 4) is 11.1 Å². The number of thiophene rings is 1. The van der Waals surface area contributed by atoms with E-state index in [4.69, 9.17) is 4.74 Å². The van der Waals surface area contributed by atoms with Crippen molar-refractivity contribution < 1.29 is 18.7 Å². The highest BCUT2D eigenvalue weighted by Crippen LogP contribution is 2.40. The normalized spacial score (nSPS) is 13.3. The summed E-state index contributed by atoms with van der Waals surface area (Å²) in [5, 5.41) is 14.2. The van der Waals surface area contributed by atoms with Crippen LogP contribution in [0.4, 0.5) is 9.39 Å². The lowest BCUT2D eigenvalue weighted by molar-refractivity contribution is -0.113. The van der Waals surface area contributed by atoms with Gasteiger partial charge in [-0.3, -0.25) is 4.79 Å². The third kappa shape index (κ3) is 4.64. The standard InChI is InChI=1S/C21H21FN4O3S2/c1-3-26-18(13-4-5-13)24-25-21(26)31-11-16(27)23-19-17(20(28)29-2)15(10-30-19)12-6-8-14(22)9-7-12/h6-10,13H,3-5,11H2,1-2H3,(H,23,27). The van der Waals surface area contributed by atoms with Crippen molar-refractivity contribution >= 4 is 40.0 Å². The van der Waals surface area contributed by atoms with Crippen LogP contribution in [0.2, 0.25) is 0 Å². The molecule has 0 bridgehead atoms. The second kappa shape index (κ2) is 9.19. The summed E-state index contributed by atoms with van der Waals surface area (Å²) in [6.45, 7) is 2.78. The van der Waals surface area contributed by atoms with E-state index in [9.17, 15) is 14.0 Å². The molecule has 0 atom stereocenters. The summed E-state index contributed by atoms with van der Waals surface area (Å²) in [5.41, 5.74) is 1.50. The number of benzene rings is 1. The number of ether oxygens (including phenoxy) is 1. The largest absolute Gasteiger partial charge is 0.465 e. The molecule has 1 saturated carbocycles. The Morgan fingerprint density at radius 3 is 2.68 bits per heavy atom. The van der Waals surface area contributed by atoms with Crippen LogP contribution < -0.4 is 5.32 Å². The molecular weight excluding hydrogens is 439 g/mol. The van der Waals surface area contributed by atoms with E-state index in [2.05, 4.69) is 15.5 Å². The number of halogens is 1. The Kier molecular flexibility index (Phi) is 6.38. The van der Waals surface area contributed by atoms with Gasteiger partial charge in [0.25, 0.3) is 0 Å². The van der Waals surface area contributed by atoms with Crippen LogP contribution in [0.25, 0.3) is 11.1 Å². The first-order valence-corrected chi connectivity index (χ1v) is 11.7. The van der Waals surface area contributed by atoms with Gasteiger partial charge >= 0.3 is 5.97 Å². The fourth-order valence-electron chi connectivity index (χ4n) is 3.24. The van der Waals surface area contributed by atoms with Crippen molar-refractivity contribution in [2.24, 2.45) is 0 Å². The number of nitrogens with one attached hydrogen (secondary N) is 1. The maximum absolute atomic E-state index is 13.3. The second-order valence-corrected chi connectivity index (χ2v) is 8.87. The first-order valence-electron chi connectivity index (χ1n) is 9.83. The molecule has 0 radical (unpaired) electrons. The molecule has 0 aliphatic heterocycles. The summed E-state index contributed by atoms with van der Waals surface area (Å²) in [4.78, 5) is 25.0.